The molecular formula is C24H20ClFN8O4. The average Bonchev–Trinajstić information content (AvgIpc) is 3.39. The van der Waals surface area contributed by atoms with Crippen LogP contribution >= 0.6 is 11.6 Å². The molecule has 0 saturated carbocycles. The van der Waals surface area contributed by atoms with Gasteiger partial charge in [0.1, 0.15) is 17.3 Å². The molecule has 0 aliphatic carbocycles. The van der Waals surface area contributed by atoms with Crippen LogP contribution in [0.15, 0.2) is 64.1 Å². The monoisotopic (exact) mass is 538 g/mol. The number of aromatic nitrogens is 3. The van der Waals surface area contributed by atoms with Gasteiger partial charge < -0.3 is 19.4 Å². The quantitative estimate of drug-likeness (QED) is 0.181. The molecule has 0 amide bonds. The van der Waals surface area contributed by atoms with Crippen molar-refractivity contribution in [3.63, 3.8) is 0 Å². The summed E-state index contributed by atoms with van der Waals surface area (Å²) >= 11 is 6.19. The number of non-ortho nitro benzene ring substituents is 1. The summed E-state index contributed by atoms with van der Waals surface area (Å²) < 4.78 is 24.5. The predicted octanol–water partition coefficient (Wildman–Crippen LogP) is 4.86. The molecule has 14 heteroatoms. The molecule has 5 rings (SSSR count). The van der Waals surface area contributed by atoms with Crippen LogP contribution in [0.3, 0.4) is 0 Å². The average molecular weight is 539 g/mol. The zero-order valence-electron chi connectivity index (χ0n) is 19.7. The number of nitrogens with zero attached hydrogens (tertiary/aromatic N) is 6. The van der Waals surface area contributed by atoms with Crippen molar-refractivity contribution in [3.05, 3.63) is 81.3 Å². The third-order valence-electron chi connectivity index (χ3n) is 5.43. The molecule has 2 aromatic heterocycles. The summed E-state index contributed by atoms with van der Waals surface area (Å²) in [4.78, 5) is 25.7. The van der Waals surface area contributed by atoms with E-state index in [1.165, 1.54) is 36.5 Å². The van der Waals surface area contributed by atoms with Gasteiger partial charge in [0.25, 0.3) is 5.69 Å². The van der Waals surface area contributed by atoms with E-state index in [4.69, 9.17) is 20.8 Å². The summed E-state index contributed by atoms with van der Waals surface area (Å²) in [7, 11) is 0. The first-order valence-corrected chi connectivity index (χ1v) is 11.8. The molecule has 1 fully saturated rings. The second-order valence-electron chi connectivity index (χ2n) is 8.01. The molecule has 12 nitrogen and oxygen atoms in total. The van der Waals surface area contributed by atoms with E-state index in [2.05, 4.69) is 30.8 Å². The smallest absolute Gasteiger partial charge is 0.270 e. The van der Waals surface area contributed by atoms with Gasteiger partial charge in [-0.3, -0.25) is 10.1 Å². The molecule has 0 radical (unpaired) electrons. The van der Waals surface area contributed by atoms with Gasteiger partial charge in [0.05, 0.1) is 29.4 Å². The van der Waals surface area contributed by atoms with Crippen LogP contribution in [-0.4, -0.2) is 52.4 Å². The Morgan fingerprint density at radius 2 is 1.82 bits per heavy atom. The standard InChI is InChI=1S/C24H20ClFN8O4/c25-20-13-17(34(35)36)5-7-19(20)21-8-6-18(38-21)14-27-32-23-29-22(28-16-3-1-15(26)2-4-16)30-24(31-23)33-9-11-37-12-10-33/h1-8,13-14H,9-12H2,(H2,28,29,30,31,32)/b27-14+. The van der Waals surface area contributed by atoms with Crippen LogP contribution in [-0.2, 0) is 4.74 Å². The summed E-state index contributed by atoms with van der Waals surface area (Å²) in [5.74, 6) is 1.32. The number of halogens is 2. The fourth-order valence-corrected chi connectivity index (χ4v) is 3.84. The SMILES string of the molecule is O=[N+]([O-])c1ccc(-c2ccc(/C=N/Nc3nc(Nc4ccc(F)cc4)nc(N4CCOCC4)n3)o2)c(Cl)c1. The Hall–Kier alpha value is -4.62. The lowest BCUT2D eigenvalue weighted by Crippen LogP contribution is -2.37. The minimum Gasteiger partial charge on any atom is -0.455 e. The van der Waals surface area contributed by atoms with Crippen molar-refractivity contribution in [1.82, 2.24) is 15.0 Å². The van der Waals surface area contributed by atoms with Gasteiger partial charge in [0, 0.05) is 36.5 Å². The molecule has 1 aliphatic rings. The first-order chi connectivity index (χ1) is 18.4. The molecule has 4 aromatic rings. The Labute approximate surface area is 220 Å². The molecular weight excluding hydrogens is 519 g/mol. The Morgan fingerprint density at radius 1 is 1.05 bits per heavy atom. The van der Waals surface area contributed by atoms with Crippen LogP contribution in [0.5, 0.6) is 0 Å². The molecule has 0 bridgehead atoms. The number of nitro benzene ring substituents is 1. The zero-order chi connectivity index (χ0) is 26.5. The first-order valence-electron chi connectivity index (χ1n) is 11.4. The lowest BCUT2D eigenvalue weighted by molar-refractivity contribution is -0.384. The molecule has 0 spiro atoms. The van der Waals surface area contributed by atoms with E-state index in [-0.39, 0.29) is 28.4 Å². The van der Waals surface area contributed by atoms with Crippen molar-refractivity contribution < 1.29 is 18.5 Å². The maximum absolute atomic E-state index is 13.3. The van der Waals surface area contributed by atoms with E-state index < -0.39 is 4.92 Å². The molecule has 2 N–H and O–H groups in total. The summed E-state index contributed by atoms with van der Waals surface area (Å²) in [5, 5.41) is 18.3. The topological polar surface area (TPSA) is 144 Å². The van der Waals surface area contributed by atoms with Gasteiger partial charge in [-0.25, -0.2) is 9.82 Å². The fraction of sp³-hybridized carbons (Fsp3) is 0.167. The van der Waals surface area contributed by atoms with E-state index in [1.54, 1.807) is 24.3 Å². The van der Waals surface area contributed by atoms with E-state index >= 15 is 0 Å². The Morgan fingerprint density at radius 3 is 2.55 bits per heavy atom. The maximum Gasteiger partial charge on any atom is 0.270 e. The highest BCUT2D eigenvalue weighted by molar-refractivity contribution is 6.33. The number of benzene rings is 2. The second-order valence-corrected chi connectivity index (χ2v) is 8.41. The number of hydrogen-bond donors (Lipinski definition) is 2. The molecule has 3 heterocycles. The summed E-state index contributed by atoms with van der Waals surface area (Å²) in [6, 6.07) is 13.3. The first kappa shape index (κ1) is 25.0. The number of furan rings is 1. The summed E-state index contributed by atoms with van der Waals surface area (Å²) in [6.45, 7) is 2.33. The number of nitro groups is 1. The Bertz CT molecular complexity index is 1470. The van der Waals surface area contributed by atoms with Crippen molar-refractivity contribution >= 4 is 47.0 Å². The van der Waals surface area contributed by atoms with Crippen LogP contribution in [0.4, 0.5) is 33.6 Å². The molecule has 1 aliphatic heterocycles. The molecule has 0 atom stereocenters. The minimum absolute atomic E-state index is 0.113. The normalized spacial score (nSPS) is 13.6. The van der Waals surface area contributed by atoms with Gasteiger partial charge >= 0.3 is 0 Å². The lowest BCUT2D eigenvalue weighted by Gasteiger charge is -2.27. The van der Waals surface area contributed by atoms with Crippen molar-refractivity contribution in [3.8, 4) is 11.3 Å². The molecule has 1 saturated heterocycles. The highest BCUT2D eigenvalue weighted by Crippen LogP contribution is 2.32. The number of ether oxygens (including phenoxy) is 1. The van der Waals surface area contributed by atoms with Crippen molar-refractivity contribution in [2.75, 3.05) is 41.9 Å². The summed E-state index contributed by atoms with van der Waals surface area (Å²) in [5.41, 5.74) is 3.78. The highest BCUT2D eigenvalue weighted by atomic mass is 35.5. The third kappa shape index (κ3) is 6.02. The van der Waals surface area contributed by atoms with E-state index in [1.807, 2.05) is 4.90 Å². The number of hydrazone groups is 1. The van der Waals surface area contributed by atoms with Crippen LogP contribution in [0.1, 0.15) is 5.76 Å². The van der Waals surface area contributed by atoms with Crippen molar-refractivity contribution in [2.45, 2.75) is 0 Å². The number of rotatable bonds is 8. The van der Waals surface area contributed by atoms with Crippen LogP contribution in [0.2, 0.25) is 5.02 Å². The van der Waals surface area contributed by atoms with Gasteiger partial charge in [0.2, 0.25) is 17.8 Å². The fourth-order valence-electron chi connectivity index (χ4n) is 3.58. The minimum atomic E-state index is -0.520. The van der Waals surface area contributed by atoms with Gasteiger partial charge in [-0.1, -0.05) is 11.6 Å². The maximum atomic E-state index is 13.3. The van der Waals surface area contributed by atoms with Crippen LogP contribution in [0.25, 0.3) is 11.3 Å². The van der Waals surface area contributed by atoms with Gasteiger partial charge in [0.15, 0.2) is 0 Å². The second kappa shape index (κ2) is 11.2. The predicted molar refractivity (Wildman–Crippen MR) is 140 cm³/mol. The summed E-state index contributed by atoms with van der Waals surface area (Å²) in [6.07, 6.45) is 1.42. The molecule has 2 aromatic carbocycles. The van der Waals surface area contributed by atoms with Gasteiger partial charge in [-0.05, 0) is 42.5 Å². The largest absolute Gasteiger partial charge is 0.455 e. The third-order valence-corrected chi connectivity index (χ3v) is 5.74. The Balaban J connectivity index is 1.33. The Kier molecular flexibility index (Phi) is 7.38. The number of anilines is 4. The zero-order valence-corrected chi connectivity index (χ0v) is 20.4. The molecule has 0 unspecified atom stereocenters. The van der Waals surface area contributed by atoms with E-state index in [9.17, 15) is 14.5 Å². The van der Waals surface area contributed by atoms with Crippen LogP contribution in [0, 0.1) is 15.9 Å². The van der Waals surface area contributed by atoms with Crippen molar-refractivity contribution in [1.29, 1.82) is 0 Å². The van der Waals surface area contributed by atoms with Gasteiger partial charge in [-0.15, -0.1) is 0 Å². The number of hydrogen-bond acceptors (Lipinski definition) is 11. The highest BCUT2D eigenvalue weighted by Gasteiger charge is 2.17. The number of nitrogens with one attached hydrogen (secondary N) is 2. The number of morpholine rings is 1. The van der Waals surface area contributed by atoms with E-state index in [0.29, 0.717) is 55.0 Å². The van der Waals surface area contributed by atoms with E-state index in [0.717, 1.165) is 0 Å². The van der Waals surface area contributed by atoms with Crippen molar-refractivity contribution in [2.24, 2.45) is 5.10 Å². The van der Waals surface area contributed by atoms with Gasteiger partial charge in [-0.2, -0.15) is 20.1 Å². The van der Waals surface area contributed by atoms with Crippen LogP contribution < -0.4 is 15.6 Å². The lowest BCUT2D eigenvalue weighted by atomic mass is 10.1. The molecule has 194 valence electrons. The molecule has 38 heavy (non-hydrogen) atoms.